The number of anilines is 1. The van der Waals surface area contributed by atoms with Crippen LogP contribution in [0.5, 0.6) is 0 Å². The van der Waals surface area contributed by atoms with Crippen LogP contribution in [0.25, 0.3) is 0 Å². The maximum absolute atomic E-state index is 12.9. The number of amides is 3. The summed E-state index contributed by atoms with van der Waals surface area (Å²) in [6.07, 6.45) is 0.838. The monoisotopic (exact) mass is 383 g/mol. The predicted octanol–water partition coefficient (Wildman–Crippen LogP) is 2.05. The van der Waals surface area contributed by atoms with E-state index in [4.69, 9.17) is 0 Å². The topological polar surface area (TPSA) is 108 Å². The molecule has 148 valence electrons. The Balaban J connectivity index is 1.58. The number of hydrogen-bond acceptors (Lipinski definition) is 5. The summed E-state index contributed by atoms with van der Waals surface area (Å²) in [7, 11) is 0. The zero-order valence-electron chi connectivity index (χ0n) is 16.4. The van der Waals surface area contributed by atoms with Gasteiger partial charge in [0, 0.05) is 25.8 Å². The van der Waals surface area contributed by atoms with Crippen molar-refractivity contribution in [1.82, 2.24) is 20.1 Å². The molecule has 1 aromatic carbocycles. The highest BCUT2D eigenvalue weighted by Gasteiger charge is 2.49. The second-order valence-corrected chi connectivity index (χ2v) is 7.73. The minimum Gasteiger partial charge on any atom is -0.293 e. The van der Waals surface area contributed by atoms with Crippen molar-refractivity contribution in [1.29, 1.82) is 0 Å². The van der Waals surface area contributed by atoms with Crippen LogP contribution in [-0.4, -0.2) is 44.3 Å². The molecule has 1 atom stereocenters. The molecule has 8 heteroatoms. The van der Waals surface area contributed by atoms with Crippen molar-refractivity contribution in [3.8, 4) is 0 Å². The van der Waals surface area contributed by atoms with Crippen LogP contribution >= 0.6 is 0 Å². The van der Waals surface area contributed by atoms with E-state index < -0.39 is 5.41 Å². The normalized spacial score (nSPS) is 19.5. The summed E-state index contributed by atoms with van der Waals surface area (Å²) < 4.78 is 0. The highest BCUT2D eigenvalue weighted by molar-refractivity contribution is 6.09. The fraction of sp³-hybridized carbons (Fsp3) is 0.450. The molecular weight excluding hydrogens is 358 g/mol. The van der Waals surface area contributed by atoms with E-state index >= 15 is 0 Å². The quantitative estimate of drug-likeness (QED) is 0.712. The number of aromatic nitrogens is 3. The largest absolute Gasteiger partial charge is 0.293 e. The smallest absolute Gasteiger partial charge is 0.248 e. The van der Waals surface area contributed by atoms with Crippen LogP contribution in [0, 0.1) is 5.92 Å². The summed E-state index contributed by atoms with van der Waals surface area (Å²) in [5, 5.41) is 9.35. The van der Waals surface area contributed by atoms with Crippen LogP contribution < -0.4 is 5.32 Å². The summed E-state index contributed by atoms with van der Waals surface area (Å²) in [5.74, 6) is 0.448. The summed E-state index contributed by atoms with van der Waals surface area (Å²) >= 11 is 0. The number of H-pyrrole nitrogens is 1. The van der Waals surface area contributed by atoms with Crippen molar-refractivity contribution in [2.45, 2.75) is 45.4 Å². The Morgan fingerprint density at radius 3 is 2.68 bits per heavy atom. The fourth-order valence-corrected chi connectivity index (χ4v) is 3.37. The molecule has 3 amide bonds. The van der Waals surface area contributed by atoms with Crippen LogP contribution in [0.15, 0.2) is 30.3 Å². The lowest BCUT2D eigenvalue weighted by Crippen LogP contribution is -2.38. The van der Waals surface area contributed by atoms with Gasteiger partial charge in [-0.1, -0.05) is 44.2 Å². The number of nitrogens with zero attached hydrogens (tertiary/aromatic N) is 3. The average Bonchev–Trinajstić information content (AvgIpc) is 3.16. The molecule has 0 saturated carbocycles. The molecule has 0 aliphatic carbocycles. The number of nitrogens with one attached hydrogen (secondary N) is 2. The van der Waals surface area contributed by atoms with Gasteiger partial charge in [-0.15, -0.1) is 5.10 Å². The number of benzene rings is 1. The number of aromatic amines is 1. The lowest BCUT2D eigenvalue weighted by atomic mass is 9.81. The molecule has 0 radical (unpaired) electrons. The van der Waals surface area contributed by atoms with E-state index in [1.807, 2.05) is 30.3 Å². The van der Waals surface area contributed by atoms with E-state index in [1.54, 1.807) is 6.92 Å². The van der Waals surface area contributed by atoms with E-state index in [9.17, 15) is 14.4 Å². The minimum atomic E-state index is -0.885. The molecular formula is C20H25N5O3. The zero-order chi connectivity index (χ0) is 20.3. The van der Waals surface area contributed by atoms with Gasteiger partial charge in [0.05, 0.1) is 5.41 Å². The van der Waals surface area contributed by atoms with Gasteiger partial charge < -0.3 is 0 Å². The third-order valence-electron chi connectivity index (χ3n) is 4.88. The van der Waals surface area contributed by atoms with Crippen molar-refractivity contribution in [3.05, 3.63) is 41.7 Å². The highest BCUT2D eigenvalue weighted by Crippen LogP contribution is 2.36. The van der Waals surface area contributed by atoms with E-state index in [-0.39, 0.29) is 43.1 Å². The van der Waals surface area contributed by atoms with Gasteiger partial charge in [0.25, 0.3) is 0 Å². The molecule has 0 spiro atoms. The minimum absolute atomic E-state index is 0.00357. The number of likely N-dealkylation sites (tertiary alicyclic amines) is 1. The van der Waals surface area contributed by atoms with Gasteiger partial charge in [-0.2, -0.15) is 4.98 Å². The first-order chi connectivity index (χ1) is 13.3. The Morgan fingerprint density at radius 1 is 1.29 bits per heavy atom. The van der Waals surface area contributed by atoms with Crippen LogP contribution in [-0.2, 0) is 26.2 Å². The first-order valence-corrected chi connectivity index (χ1v) is 9.41. The molecule has 0 unspecified atom stereocenters. The highest BCUT2D eigenvalue weighted by atomic mass is 16.2. The van der Waals surface area contributed by atoms with Crippen molar-refractivity contribution >= 4 is 23.7 Å². The van der Waals surface area contributed by atoms with Crippen LogP contribution in [0.3, 0.4) is 0 Å². The molecule has 3 rings (SSSR count). The summed E-state index contributed by atoms with van der Waals surface area (Å²) in [5.41, 5.74) is -0.0802. The van der Waals surface area contributed by atoms with Gasteiger partial charge >= 0.3 is 0 Å². The second-order valence-electron chi connectivity index (χ2n) is 7.73. The number of carbonyl (C=O) groups is 3. The SMILES string of the molecule is CC(C)Cc1nc(NC(=O)CCN2C(=O)C[C@@](C)(c3ccccc3)C2=O)n[nH]1. The molecule has 2 N–H and O–H groups in total. The van der Waals surface area contributed by atoms with E-state index in [1.165, 1.54) is 4.90 Å². The first-order valence-electron chi connectivity index (χ1n) is 9.41. The van der Waals surface area contributed by atoms with Crippen LogP contribution in [0.4, 0.5) is 5.95 Å². The molecule has 2 heterocycles. The third-order valence-corrected chi connectivity index (χ3v) is 4.88. The lowest BCUT2D eigenvalue weighted by molar-refractivity contribution is -0.139. The number of rotatable bonds is 7. The summed E-state index contributed by atoms with van der Waals surface area (Å²) in [6.45, 7) is 5.93. The molecule has 1 fully saturated rings. The first kappa shape index (κ1) is 19.7. The van der Waals surface area contributed by atoms with Gasteiger partial charge in [0.15, 0.2) is 0 Å². The van der Waals surface area contributed by atoms with E-state index in [0.29, 0.717) is 11.7 Å². The lowest BCUT2D eigenvalue weighted by Gasteiger charge is -2.22. The third kappa shape index (κ3) is 4.11. The fourth-order valence-electron chi connectivity index (χ4n) is 3.37. The number of hydrogen-bond donors (Lipinski definition) is 2. The second kappa shape index (κ2) is 7.92. The van der Waals surface area contributed by atoms with Crippen molar-refractivity contribution in [2.24, 2.45) is 5.92 Å². The molecule has 1 aliphatic heterocycles. The van der Waals surface area contributed by atoms with Crippen molar-refractivity contribution in [3.63, 3.8) is 0 Å². The summed E-state index contributed by atoms with van der Waals surface area (Å²) in [4.78, 5) is 42.8. The van der Waals surface area contributed by atoms with E-state index in [2.05, 4.69) is 34.3 Å². The Morgan fingerprint density at radius 2 is 2.00 bits per heavy atom. The Labute approximate surface area is 163 Å². The Bertz CT molecular complexity index is 877. The molecule has 1 saturated heterocycles. The van der Waals surface area contributed by atoms with Crippen LogP contribution in [0.1, 0.15) is 45.0 Å². The average molecular weight is 383 g/mol. The van der Waals surface area contributed by atoms with Gasteiger partial charge in [0.2, 0.25) is 23.7 Å². The molecule has 2 aromatic rings. The van der Waals surface area contributed by atoms with E-state index in [0.717, 1.165) is 12.0 Å². The van der Waals surface area contributed by atoms with Gasteiger partial charge in [-0.3, -0.25) is 29.7 Å². The maximum Gasteiger partial charge on any atom is 0.248 e. The van der Waals surface area contributed by atoms with Crippen molar-refractivity contribution in [2.75, 3.05) is 11.9 Å². The molecule has 1 aromatic heterocycles. The van der Waals surface area contributed by atoms with Crippen LogP contribution in [0.2, 0.25) is 0 Å². The van der Waals surface area contributed by atoms with Crippen molar-refractivity contribution < 1.29 is 14.4 Å². The van der Waals surface area contributed by atoms with Gasteiger partial charge in [0.1, 0.15) is 5.82 Å². The summed E-state index contributed by atoms with van der Waals surface area (Å²) in [6, 6.07) is 9.25. The molecule has 28 heavy (non-hydrogen) atoms. The Kier molecular flexibility index (Phi) is 5.58. The van der Waals surface area contributed by atoms with Gasteiger partial charge in [-0.25, -0.2) is 0 Å². The molecule has 1 aliphatic rings. The molecule has 8 nitrogen and oxygen atoms in total. The maximum atomic E-state index is 12.9. The zero-order valence-corrected chi connectivity index (χ0v) is 16.4. The standard InChI is InChI=1S/C20H25N5O3/c1-13(2)11-15-21-19(24-23-15)22-16(26)9-10-25-17(27)12-20(3,18(25)28)14-7-5-4-6-8-14/h4-8,13H,9-12H2,1-3H3,(H2,21,22,23,24,26)/t20-/m0/s1. The Hall–Kier alpha value is -3.03. The predicted molar refractivity (Wildman–Crippen MR) is 103 cm³/mol. The number of carbonyl (C=O) groups excluding carboxylic acids is 3. The molecule has 0 bridgehead atoms. The number of imide groups is 1. The van der Waals surface area contributed by atoms with Gasteiger partial charge in [-0.05, 0) is 18.4 Å².